The third-order valence-corrected chi connectivity index (χ3v) is 4.81. The molecule has 0 spiro atoms. The predicted molar refractivity (Wildman–Crippen MR) is 103 cm³/mol. The number of carbonyl (C=O) groups excluding carboxylic acids is 1. The minimum Gasteiger partial charge on any atom is -0.350 e. The average Bonchev–Trinajstić information content (AvgIpc) is 2.92. The van der Waals surface area contributed by atoms with Crippen molar-refractivity contribution >= 4 is 28.4 Å². The Balaban J connectivity index is 1.85. The number of nitrogens with zero attached hydrogens (tertiary/aromatic N) is 2. The van der Waals surface area contributed by atoms with Crippen molar-refractivity contribution in [3.8, 4) is 0 Å². The van der Waals surface area contributed by atoms with Gasteiger partial charge in [-0.05, 0) is 37.9 Å². The van der Waals surface area contributed by atoms with Gasteiger partial charge in [-0.3, -0.25) is 4.79 Å². The van der Waals surface area contributed by atoms with E-state index >= 15 is 0 Å². The highest BCUT2D eigenvalue weighted by Crippen LogP contribution is 2.28. The van der Waals surface area contributed by atoms with Crippen LogP contribution in [0.2, 0.25) is 5.02 Å². The molecule has 0 saturated heterocycles. The second-order valence-corrected chi connectivity index (χ2v) is 6.79. The van der Waals surface area contributed by atoms with E-state index in [1.165, 1.54) is 16.5 Å². The van der Waals surface area contributed by atoms with Gasteiger partial charge in [-0.1, -0.05) is 41.9 Å². The summed E-state index contributed by atoms with van der Waals surface area (Å²) in [6, 6.07) is 15.5. The number of halogens is 1. The van der Waals surface area contributed by atoms with E-state index in [2.05, 4.69) is 33.1 Å². The molecule has 130 valence electrons. The first-order valence-corrected chi connectivity index (χ1v) is 8.60. The van der Waals surface area contributed by atoms with Gasteiger partial charge in [0.25, 0.3) is 5.91 Å². The normalized spacial score (nSPS) is 12.5. The van der Waals surface area contributed by atoms with Gasteiger partial charge in [-0.15, -0.1) is 0 Å². The van der Waals surface area contributed by atoms with Crippen LogP contribution in [0.4, 0.5) is 0 Å². The van der Waals surface area contributed by atoms with Gasteiger partial charge in [0.15, 0.2) is 0 Å². The van der Waals surface area contributed by atoms with Crippen LogP contribution >= 0.6 is 11.6 Å². The summed E-state index contributed by atoms with van der Waals surface area (Å²) < 4.78 is 2.12. The zero-order valence-corrected chi connectivity index (χ0v) is 15.4. The van der Waals surface area contributed by atoms with Gasteiger partial charge in [-0.2, -0.15) is 0 Å². The summed E-state index contributed by atoms with van der Waals surface area (Å²) in [5, 5.41) is 4.69. The molecule has 3 aromatic rings. The lowest BCUT2D eigenvalue weighted by atomic mass is 10.0. The molecule has 4 nitrogen and oxygen atoms in total. The van der Waals surface area contributed by atoms with E-state index in [0.717, 1.165) is 0 Å². The number of likely N-dealkylation sites (N-methyl/N-ethyl adjacent to an activating group) is 1. The topological polar surface area (TPSA) is 37.3 Å². The molecule has 0 aliphatic carbocycles. The van der Waals surface area contributed by atoms with Crippen LogP contribution < -0.4 is 5.32 Å². The molecule has 0 bridgehead atoms. The molecule has 0 aliphatic rings. The predicted octanol–water partition coefficient (Wildman–Crippen LogP) is 3.86. The lowest BCUT2D eigenvalue weighted by molar-refractivity contribution is 0.0942. The summed E-state index contributed by atoms with van der Waals surface area (Å²) in [5.74, 6) is -0.155. The van der Waals surface area contributed by atoms with E-state index in [4.69, 9.17) is 11.6 Å². The molecule has 3 rings (SSSR count). The van der Waals surface area contributed by atoms with E-state index in [9.17, 15) is 4.79 Å². The fourth-order valence-electron chi connectivity index (χ4n) is 3.14. The average molecular weight is 356 g/mol. The summed E-state index contributed by atoms with van der Waals surface area (Å²) in [7, 11) is 6.09. The van der Waals surface area contributed by atoms with Gasteiger partial charge >= 0.3 is 0 Å². The molecular formula is C20H22ClN3O. The van der Waals surface area contributed by atoms with Crippen molar-refractivity contribution < 1.29 is 4.79 Å². The van der Waals surface area contributed by atoms with Crippen molar-refractivity contribution in [1.29, 1.82) is 0 Å². The van der Waals surface area contributed by atoms with Crippen LogP contribution in [0, 0.1) is 0 Å². The Hall–Kier alpha value is -2.30. The first-order chi connectivity index (χ1) is 12.0. The van der Waals surface area contributed by atoms with Crippen molar-refractivity contribution in [1.82, 2.24) is 14.8 Å². The van der Waals surface area contributed by atoms with Crippen molar-refractivity contribution in [3.63, 3.8) is 0 Å². The molecule has 0 radical (unpaired) electrons. The summed E-state index contributed by atoms with van der Waals surface area (Å²) >= 11 is 6.12. The molecule has 0 aliphatic heterocycles. The molecule has 0 saturated carbocycles. The number of amides is 1. The van der Waals surface area contributed by atoms with Crippen LogP contribution in [-0.2, 0) is 7.05 Å². The number of fused-ring (bicyclic) bond motifs is 1. The molecule has 1 atom stereocenters. The van der Waals surface area contributed by atoms with Crippen molar-refractivity contribution in [2.45, 2.75) is 6.04 Å². The Bertz CT molecular complexity index is 901. The SMILES string of the molecule is CN(C)[C@H](CNC(=O)c1ccccc1Cl)c1cn(C)c2ccccc12. The second kappa shape index (κ2) is 7.30. The highest BCUT2D eigenvalue weighted by atomic mass is 35.5. The number of hydrogen-bond donors (Lipinski definition) is 1. The Kier molecular flexibility index (Phi) is 5.11. The zero-order chi connectivity index (χ0) is 18.0. The Labute approximate surface area is 153 Å². The van der Waals surface area contributed by atoms with Crippen LogP contribution in [0.1, 0.15) is 22.0 Å². The van der Waals surface area contributed by atoms with E-state index in [1.807, 2.05) is 45.4 Å². The van der Waals surface area contributed by atoms with Crippen LogP contribution in [0.5, 0.6) is 0 Å². The van der Waals surface area contributed by atoms with Gasteiger partial charge in [0.2, 0.25) is 0 Å². The summed E-state index contributed by atoms with van der Waals surface area (Å²) in [4.78, 5) is 14.6. The highest BCUT2D eigenvalue weighted by Gasteiger charge is 2.20. The number of aryl methyl sites for hydroxylation is 1. The molecule has 0 unspecified atom stereocenters. The number of benzene rings is 2. The molecule has 1 amide bonds. The van der Waals surface area contributed by atoms with Gasteiger partial charge < -0.3 is 14.8 Å². The van der Waals surface area contributed by atoms with E-state index in [1.54, 1.807) is 12.1 Å². The molecule has 1 aromatic heterocycles. The maximum absolute atomic E-state index is 12.5. The number of carbonyl (C=O) groups is 1. The van der Waals surface area contributed by atoms with Crippen LogP contribution in [-0.4, -0.2) is 36.0 Å². The molecule has 0 fully saturated rings. The van der Waals surface area contributed by atoms with Gasteiger partial charge in [0.1, 0.15) is 0 Å². The lowest BCUT2D eigenvalue weighted by Crippen LogP contribution is -2.34. The third-order valence-electron chi connectivity index (χ3n) is 4.48. The molecular weight excluding hydrogens is 334 g/mol. The maximum Gasteiger partial charge on any atom is 0.252 e. The van der Waals surface area contributed by atoms with Crippen molar-refractivity contribution in [2.75, 3.05) is 20.6 Å². The van der Waals surface area contributed by atoms with E-state index in [0.29, 0.717) is 17.1 Å². The van der Waals surface area contributed by atoms with Crippen LogP contribution in [0.3, 0.4) is 0 Å². The molecule has 1 heterocycles. The molecule has 1 N–H and O–H groups in total. The minimum absolute atomic E-state index is 0.0672. The highest BCUT2D eigenvalue weighted by molar-refractivity contribution is 6.33. The third kappa shape index (κ3) is 3.55. The van der Waals surface area contributed by atoms with E-state index < -0.39 is 0 Å². The monoisotopic (exact) mass is 355 g/mol. The van der Waals surface area contributed by atoms with E-state index in [-0.39, 0.29) is 11.9 Å². The molecule has 25 heavy (non-hydrogen) atoms. The quantitative estimate of drug-likeness (QED) is 0.754. The fourth-order valence-corrected chi connectivity index (χ4v) is 3.36. The number of nitrogens with one attached hydrogen (secondary N) is 1. The lowest BCUT2D eigenvalue weighted by Gasteiger charge is -2.24. The zero-order valence-electron chi connectivity index (χ0n) is 14.7. The minimum atomic E-state index is -0.155. The number of aromatic nitrogens is 1. The van der Waals surface area contributed by atoms with Crippen LogP contribution in [0.25, 0.3) is 10.9 Å². The second-order valence-electron chi connectivity index (χ2n) is 6.38. The number of para-hydroxylation sites is 1. The van der Waals surface area contributed by atoms with Gasteiger partial charge in [0, 0.05) is 30.7 Å². The Morgan fingerprint density at radius 1 is 1.16 bits per heavy atom. The van der Waals surface area contributed by atoms with Gasteiger partial charge in [-0.25, -0.2) is 0 Å². The molecule has 2 aromatic carbocycles. The largest absolute Gasteiger partial charge is 0.350 e. The van der Waals surface area contributed by atoms with Crippen molar-refractivity contribution in [3.05, 3.63) is 70.9 Å². The Morgan fingerprint density at radius 2 is 1.84 bits per heavy atom. The first-order valence-electron chi connectivity index (χ1n) is 8.22. The Morgan fingerprint density at radius 3 is 2.56 bits per heavy atom. The fraction of sp³-hybridized carbons (Fsp3) is 0.250. The standard InChI is InChI=1S/C20H22ClN3O/c1-23(2)19(12-22-20(25)15-9-4-6-10-17(15)21)16-13-24(3)18-11-7-5-8-14(16)18/h4-11,13,19H,12H2,1-3H3,(H,22,25)/t19-/m1/s1. The number of rotatable bonds is 5. The van der Waals surface area contributed by atoms with Gasteiger partial charge in [0.05, 0.1) is 16.6 Å². The summed E-state index contributed by atoms with van der Waals surface area (Å²) in [6.07, 6.45) is 2.14. The first kappa shape index (κ1) is 17.5. The van der Waals surface area contributed by atoms with Crippen LogP contribution in [0.15, 0.2) is 54.7 Å². The summed E-state index contributed by atoms with van der Waals surface area (Å²) in [6.45, 7) is 0.505. The summed E-state index contributed by atoms with van der Waals surface area (Å²) in [5.41, 5.74) is 2.88. The smallest absolute Gasteiger partial charge is 0.252 e. The van der Waals surface area contributed by atoms with Crippen molar-refractivity contribution in [2.24, 2.45) is 7.05 Å². The maximum atomic E-state index is 12.5. The molecule has 5 heteroatoms. The number of hydrogen-bond acceptors (Lipinski definition) is 2.